The molecule has 3 amide bonds. The van der Waals surface area contributed by atoms with E-state index in [-0.39, 0.29) is 5.91 Å². The van der Waals surface area contributed by atoms with Gasteiger partial charge in [0.2, 0.25) is 5.91 Å². The average Bonchev–Trinajstić information content (AvgIpc) is 2.48. The zero-order valence-corrected chi connectivity index (χ0v) is 12.8. The minimum Gasteiger partial charge on any atom is -0.338 e. The van der Waals surface area contributed by atoms with Gasteiger partial charge < -0.3 is 10.6 Å². The predicted molar refractivity (Wildman–Crippen MR) is 83.9 cm³/mol. The summed E-state index contributed by atoms with van der Waals surface area (Å²) < 4.78 is 0. The van der Waals surface area contributed by atoms with Gasteiger partial charge in [0.05, 0.1) is 0 Å². The summed E-state index contributed by atoms with van der Waals surface area (Å²) in [5, 5.41) is 8.16. The van der Waals surface area contributed by atoms with Crippen molar-refractivity contribution in [1.82, 2.24) is 16.0 Å². The van der Waals surface area contributed by atoms with Gasteiger partial charge >= 0.3 is 6.03 Å². The van der Waals surface area contributed by atoms with Gasteiger partial charge in [-0.2, -0.15) is 0 Å². The standard InChI is InChI=1S/C16H25N3O2/c1-3-5-9-12-18-14(13-10-7-6-8-11-13)15(20)19-16(21)17-4-2/h6-8,10-11,14,18H,3-5,9,12H2,1-2H3,(H2,17,19,20,21)/t14-/m0/s1. The molecule has 0 radical (unpaired) electrons. The Morgan fingerprint density at radius 1 is 1.10 bits per heavy atom. The van der Waals surface area contributed by atoms with E-state index in [0.29, 0.717) is 6.54 Å². The maximum Gasteiger partial charge on any atom is 0.321 e. The molecule has 5 nitrogen and oxygen atoms in total. The predicted octanol–water partition coefficient (Wildman–Crippen LogP) is 2.35. The number of rotatable bonds is 8. The lowest BCUT2D eigenvalue weighted by Gasteiger charge is -2.18. The highest BCUT2D eigenvalue weighted by atomic mass is 16.2. The van der Waals surface area contributed by atoms with Gasteiger partial charge in [-0.25, -0.2) is 4.79 Å². The molecule has 1 atom stereocenters. The molecule has 1 aromatic rings. The third kappa shape index (κ3) is 6.40. The van der Waals surface area contributed by atoms with Crippen LogP contribution in [0.15, 0.2) is 30.3 Å². The third-order valence-corrected chi connectivity index (χ3v) is 3.10. The fraction of sp³-hybridized carbons (Fsp3) is 0.500. The maximum absolute atomic E-state index is 12.3. The molecule has 0 heterocycles. The summed E-state index contributed by atoms with van der Waals surface area (Å²) in [4.78, 5) is 23.8. The highest BCUT2D eigenvalue weighted by Crippen LogP contribution is 2.13. The first-order chi connectivity index (χ1) is 10.2. The minimum absolute atomic E-state index is 0.330. The summed E-state index contributed by atoms with van der Waals surface area (Å²) >= 11 is 0. The lowest BCUT2D eigenvalue weighted by molar-refractivity contribution is -0.122. The molecule has 0 bridgehead atoms. The second-order valence-electron chi connectivity index (χ2n) is 4.85. The van der Waals surface area contributed by atoms with Gasteiger partial charge in [-0.05, 0) is 25.5 Å². The minimum atomic E-state index is -0.509. The van der Waals surface area contributed by atoms with Crippen molar-refractivity contribution in [3.05, 3.63) is 35.9 Å². The van der Waals surface area contributed by atoms with Crippen molar-refractivity contribution in [2.45, 2.75) is 39.2 Å². The Labute approximate surface area is 126 Å². The van der Waals surface area contributed by atoms with Crippen molar-refractivity contribution >= 4 is 11.9 Å². The molecule has 21 heavy (non-hydrogen) atoms. The molecule has 1 aromatic carbocycles. The molecule has 0 aliphatic heterocycles. The monoisotopic (exact) mass is 291 g/mol. The van der Waals surface area contributed by atoms with Crippen LogP contribution in [-0.2, 0) is 4.79 Å². The Bertz CT molecular complexity index is 434. The van der Waals surface area contributed by atoms with Crippen LogP contribution in [0.4, 0.5) is 4.79 Å². The van der Waals surface area contributed by atoms with E-state index in [9.17, 15) is 9.59 Å². The Morgan fingerprint density at radius 2 is 1.81 bits per heavy atom. The number of hydrogen-bond acceptors (Lipinski definition) is 3. The van der Waals surface area contributed by atoms with Crippen molar-refractivity contribution in [3.8, 4) is 0 Å². The van der Waals surface area contributed by atoms with E-state index in [1.54, 1.807) is 0 Å². The van der Waals surface area contributed by atoms with E-state index in [1.165, 1.54) is 0 Å². The molecular formula is C16H25N3O2. The number of carbonyl (C=O) groups is 2. The van der Waals surface area contributed by atoms with Gasteiger partial charge in [-0.1, -0.05) is 50.1 Å². The summed E-state index contributed by atoms with van der Waals surface area (Å²) in [5.41, 5.74) is 0.857. The van der Waals surface area contributed by atoms with E-state index in [4.69, 9.17) is 0 Å². The molecule has 0 unspecified atom stereocenters. The number of nitrogens with one attached hydrogen (secondary N) is 3. The zero-order valence-electron chi connectivity index (χ0n) is 12.8. The van der Waals surface area contributed by atoms with Gasteiger partial charge in [0.1, 0.15) is 6.04 Å². The summed E-state index contributed by atoms with van der Waals surface area (Å²) in [5.74, 6) is -0.330. The Hall–Kier alpha value is -1.88. The van der Waals surface area contributed by atoms with Gasteiger partial charge in [-0.15, -0.1) is 0 Å². The van der Waals surface area contributed by atoms with E-state index in [2.05, 4.69) is 22.9 Å². The summed E-state index contributed by atoms with van der Waals surface area (Å²) in [6.07, 6.45) is 3.25. The van der Waals surface area contributed by atoms with Crippen LogP contribution in [0.5, 0.6) is 0 Å². The van der Waals surface area contributed by atoms with Crippen LogP contribution >= 0.6 is 0 Å². The van der Waals surface area contributed by atoms with Crippen LogP contribution in [-0.4, -0.2) is 25.0 Å². The molecule has 5 heteroatoms. The number of carbonyl (C=O) groups excluding carboxylic acids is 2. The van der Waals surface area contributed by atoms with Gasteiger partial charge in [-0.3, -0.25) is 10.1 Å². The molecule has 0 aliphatic carbocycles. The van der Waals surface area contributed by atoms with Crippen molar-refractivity contribution in [1.29, 1.82) is 0 Å². The fourth-order valence-electron chi connectivity index (χ4n) is 2.02. The fourth-order valence-corrected chi connectivity index (χ4v) is 2.02. The van der Waals surface area contributed by atoms with Crippen molar-refractivity contribution in [2.24, 2.45) is 0 Å². The molecule has 0 spiro atoms. The van der Waals surface area contributed by atoms with E-state index >= 15 is 0 Å². The molecule has 116 valence electrons. The van der Waals surface area contributed by atoms with Crippen LogP contribution in [0.1, 0.15) is 44.7 Å². The molecule has 0 aromatic heterocycles. The first-order valence-electron chi connectivity index (χ1n) is 7.56. The number of imide groups is 1. The highest BCUT2D eigenvalue weighted by molar-refractivity contribution is 5.97. The lowest BCUT2D eigenvalue weighted by atomic mass is 10.1. The topological polar surface area (TPSA) is 70.2 Å². The van der Waals surface area contributed by atoms with Gasteiger partial charge in [0.15, 0.2) is 0 Å². The Kier molecular flexibility index (Phi) is 8.12. The van der Waals surface area contributed by atoms with Gasteiger partial charge in [0.25, 0.3) is 0 Å². The van der Waals surface area contributed by atoms with E-state index < -0.39 is 12.1 Å². The summed E-state index contributed by atoms with van der Waals surface area (Å²) in [7, 11) is 0. The summed E-state index contributed by atoms with van der Waals surface area (Å²) in [6, 6.07) is 8.47. The maximum atomic E-state index is 12.3. The number of benzene rings is 1. The average molecular weight is 291 g/mol. The normalized spacial score (nSPS) is 11.7. The van der Waals surface area contributed by atoms with Crippen molar-refractivity contribution in [3.63, 3.8) is 0 Å². The SMILES string of the molecule is CCCCCN[C@H](C(=O)NC(=O)NCC)c1ccccc1. The lowest BCUT2D eigenvalue weighted by Crippen LogP contribution is -2.45. The molecule has 3 N–H and O–H groups in total. The largest absolute Gasteiger partial charge is 0.338 e. The number of hydrogen-bond donors (Lipinski definition) is 3. The second kappa shape index (κ2) is 9.94. The van der Waals surface area contributed by atoms with Crippen LogP contribution < -0.4 is 16.0 Å². The van der Waals surface area contributed by atoms with E-state index in [0.717, 1.165) is 31.4 Å². The van der Waals surface area contributed by atoms with Crippen LogP contribution in [0.3, 0.4) is 0 Å². The number of urea groups is 1. The third-order valence-electron chi connectivity index (χ3n) is 3.10. The number of unbranched alkanes of at least 4 members (excludes halogenated alkanes) is 2. The van der Waals surface area contributed by atoms with E-state index in [1.807, 2.05) is 37.3 Å². The first kappa shape index (κ1) is 17.2. The Balaban J connectivity index is 2.67. The molecule has 0 saturated carbocycles. The van der Waals surface area contributed by atoms with Gasteiger partial charge in [0, 0.05) is 6.54 Å². The molecule has 0 fully saturated rings. The molecule has 1 rings (SSSR count). The molecule has 0 saturated heterocycles. The molecule has 0 aliphatic rings. The smallest absolute Gasteiger partial charge is 0.321 e. The van der Waals surface area contributed by atoms with Crippen molar-refractivity contribution in [2.75, 3.05) is 13.1 Å². The summed E-state index contributed by atoms with van der Waals surface area (Å²) in [6.45, 7) is 5.17. The van der Waals surface area contributed by atoms with Crippen molar-refractivity contribution < 1.29 is 9.59 Å². The zero-order chi connectivity index (χ0) is 15.5. The quantitative estimate of drug-likeness (QED) is 0.644. The first-order valence-corrected chi connectivity index (χ1v) is 7.56. The highest BCUT2D eigenvalue weighted by Gasteiger charge is 2.21. The Morgan fingerprint density at radius 3 is 2.43 bits per heavy atom. The van der Waals surface area contributed by atoms with Crippen LogP contribution in [0, 0.1) is 0 Å². The second-order valence-corrected chi connectivity index (χ2v) is 4.85. The van der Waals surface area contributed by atoms with Crippen LogP contribution in [0.2, 0.25) is 0 Å². The number of amides is 3. The molecular weight excluding hydrogens is 266 g/mol. The van der Waals surface area contributed by atoms with Crippen LogP contribution in [0.25, 0.3) is 0 Å².